The van der Waals surface area contributed by atoms with E-state index in [2.05, 4.69) is 16.9 Å². The van der Waals surface area contributed by atoms with Crippen molar-refractivity contribution in [1.29, 1.82) is 0 Å². The summed E-state index contributed by atoms with van der Waals surface area (Å²) in [5, 5.41) is 1.18. The average molecular weight is 144 g/mol. The van der Waals surface area contributed by atoms with Gasteiger partial charge in [-0.3, -0.25) is 9.97 Å². The van der Waals surface area contributed by atoms with Crippen molar-refractivity contribution in [3.63, 3.8) is 0 Å². The molecule has 0 aliphatic carbocycles. The molecule has 0 saturated carbocycles. The molecule has 0 aliphatic rings. The number of rotatable bonds is 0. The van der Waals surface area contributed by atoms with E-state index in [1.807, 2.05) is 12.1 Å². The number of aromatic nitrogens is 2. The molecule has 0 atom stereocenters. The molecule has 2 heteroatoms. The van der Waals surface area contributed by atoms with Crippen molar-refractivity contribution in [2.24, 2.45) is 0 Å². The van der Waals surface area contributed by atoms with Crippen LogP contribution in [-0.2, 0) is 0 Å². The maximum Gasteiger partial charge on any atom is 0.0887 e. The van der Waals surface area contributed by atoms with Gasteiger partial charge in [0.1, 0.15) is 0 Å². The molecule has 2 aromatic rings. The summed E-state index contributed by atoms with van der Waals surface area (Å²) in [5.41, 5.74) is 2.21. The summed E-state index contributed by atoms with van der Waals surface area (Å²) in [6, 6.07) is 3.99. The number of hydrogen-bond donors (Lipinski definition) is 0. The van der Waals surface area contributed by atoms with Gasteiger partial charge in [0.15, 0.2) is 0 Å². The second-order valence-corrected chi connectivity index (χ2v) is 2.52. The molecule has 2 aromatic heterocycles. The van der Waals surface area contributed by atoms with E-state index in [1.165, 1.54) is 10.9 Å². The lowest BCUT2D eigenvalue weighted by molar-refractivity contribution is 1.29. The molecule has 0 aromatic carbocycles. The third kappa shape index (κ3) is 0.963. The van der Waals surface area contributed by atoms with E-state index < -0.39 is 0 Å². The molecule has 0 radical (unpaired) electrons. The van der Waals surface area contributed by atoms with Gasteiger partial charge >= 0.3 is 0 Å². The fourth-order valence-electron chi connectivity index (χ4n) is 1.14. The molecule has 2 heterocycles. The minimum atomic E-state index is 0.965. The summed E-state index contributed by atoms with van der Waals surface area (Å²) in [6.45, 7) is 2.07. The van der Waals surface area contributed by atoms with Crippen LogP contribution in [0.25, 0.3) is 10.9 Å². The first-order chi connectivity index (χ1) is 5.38. The molecule has 0 saturated heterocycles. The van der Waals surface area contributed by atoms with Gasteiger partial charge in [-0.25, -0.2) is 0 Å². The second kappa shape index (κ2) is 2.31. The van der Waals surface area contributed by atoms with Gasteiger partial charge in [-0.2, -0.15) is 0 Å². The zero-order chi connectivity index (χ0) is 7.68. The van der Waals surface area contributed by atoms with Crippen LogP contribution in [0.3, 0.4) is 0 Å². The summed E-state index contributed by atoms with van der Waals surface area (Å²) in [5.74, 6) is 0. The molecule has 54 valence electrons. The summed E-state index contributed by atoms with van der Waals surface area (Å²) in [6.07, 6.45) is 5.37. The normalized spacial score (nSPS) is 10.3. The molecule has 0 fully saturated rings. The van der Waals surface area contributed by atoms with Crippen molar-refractivity contribution < 1.29 is 0 Å². The Kier molecular flexibility index (Phi) is 1.32. The Morgan fingerprint density at radius 3 is 2.91 bits per heavy atom. The third-order valence-electron chi connectivity index (χ3n) is 1.76. The average Bonchev–Trinajstić information content (AvgIpc) is 2.06. The van der Waals surface area contributed by atoms with Crippen LogP contribution in [0.4, 0.5) is 0 Å². The molecule has 0 N–H and O–H groups in total. The van der Waals surface area contributed by atoms with Crippen LogP contribution in [0.2, 0.25) is 0 Å². The topological polar surface area (TPSA) is 25.8 Å². The highest BCUT2D eigenvalue weighted by molar-refractivity contribution is 5.80. The minimum absolute atomic E-state index is 0.965. The first kappa shape index (κ1) is 6.28. The fraction of sp³-hybridized carbons (Fsp3) is 0.111. The summed E-state index contributed by atoms with van der Waals surface area (Å²) in [7, 11) is 0. The van der Waals surface area contributed by atoms with Crippen LogP contribution < -0.4 is 0 Å². The molecule has 0 bridgehead atoms. The van der Waals surface area contributed by atoms with E-state index in [0.29, 0.717) is 0 Å². The summed E-state index contributed by atoms with van der Waals surface area (Å²) >= 11 is 0. The molecule has 11 heavy (non-hydrogen) atoms. The van der Waals surface area contributed by atoms with E-state index in [0.717, 1.165) is 5.52 Å². The highest BCUT2D eigenvalue weighted by Gasteiger charge is 1.94. The van der Waals surface area contributed by atoms with E-state index in [1.54, 1.807) is 18.6 Å². The van der Waals surface area contributed by atoms with Crippen LogP contribution in [0, 0.1) is 6.92 Å². The third-order valence-corrected chi connectivity index (χ3v) is 1.76. The number of fused-ring (bicyclic) bond motifs is 1. The Morgan fingerprint density at radius 2 is 2.09 bits per heavy atom. The molecule has 0 spiro atoms. The minimum Gasteiger partial charge on any atom is -0.262 e. The molecule has 2 nitrogen and oxygen atoms in total. The van der Waals surface area contributed by atoms with Crippen molar-refractivity contribution in [2.45, 2.75) is 6.92 Å². The van der Waals surface area contributed by atoms with Crippen molar-refractivity contribution in [3.05, 3.63) is 36.3 Å². The van der Waals surface area contributed by atoms with Crippen molar-refractivity contribution in [3.8, 4) is 0 Å². The Bertz CT molecular complexity index is 377. The zero-order valence-electron chi connectivity index (χ0n) is 6.28. The first-order valence-corrected chi connectivity index (χ1v) is 3.53. The Morgan fingerprint density at radius 1 is 1.18 bits per heavy atom. The van der Waals surface area contributed by atoms with E-state index in [-0.39, 0.29) is 0 Å². The molecule has 2 rings (SSSR count). The van der Waals surface area contributed by atoms with E-state index >= 15 is 0 Å². The lowest BCUT2D eigenvalue weighted by Gasteiger charge is -1.97. The first-order valence-electron chi connectivity index (χ1n) is 3.53. The van der Waals surface area contributed by atoms with Gasteiger partial charge in [-0.05, 0) is 24.6 Å². The lowest BCUT2D eigenvalue weighted by atomic mass is 10.2. The van der Waals surface area contributed by atoms with Crippen molar-refractivity contribution in [1.82, 2.24) is 9.97 Å². The Hall–Kier alpha value is -1.44. The van der Waals surface area contributed by atoms with Gasteiger partial charge in [-0.1, -0.05) is 0 Å². The molecular formula is C9H8N2. The highest BCUT2D eigenvalue weighted by atomic mass is 14.7. The van der Waals surface area contributed by atoms with Crippen LogP contribution in [0.1, 0.15) is 5.56 Å². The van der Waals surface area contributed by atoms with Gasteiger partial charge in [0.25, 0.3) is 0 Å². The van der Waals surface area contributed by atoms with Gasteiger partial charge < -0.3 is 0 Å². The number of hydrogen-bond acceptors (Lipinski definition) is 2. The van der Waals surface area contributed by atoms with E-state index in [4.69, 9.17) is 0 Å². The molecule has 0 amide bonds. The maximum absolute atomic E-state index is 4.18. The summed E-state index contributed by atoms with van der Waals surface area (Å²) in [4.78, 5) is 8.17. The highest BCUT2D eigenvalue weighted by Crippen LogP contribution is 2.12. The maximum atomic E-state index is 4.18. The summed E-state index contributed by atoms with van der Waals surface area (Å²) < 4.78 is 0. The Balaban J connectivity index is 2.91. The van der Waals surface area contributed by atoms with Crippen molar-refractivity contribution >= 4 is 10.9 Å². The van der Waals surface area contributed by atoms with Crippen LogP contribution in [0.5, 0.6) is 0 Å². The molecule has 0 aliphatic heterocycles. The largest absolute Gasteiger partial charge is 0.262 e. The predicted molar refractivity (Wildman–Crippen MR) is 44.3 cm³/mol. The number of nitrogens with zero attached hydrogens (tertiary/aromatic N) is 2. The quantitative estimate of drug-likeness (QED) is 0.564. The molecular weight excluding hydrogens is 136 g/mol. The second-order valence-electron chi connectivity index (χ2n) is 2.52. The number of aryl methyl sites for hydroxylation is 1. The van der Waals surface area contributed by atoms with Gasteiger partial charge in [0.05, 0.1) is 11.7 Å². The monoisotopic (exact) mass is 144 g/mol. The fourth-order valence-corrected chi connectivity index (χ4v) is 1.14. The van der Waals surface area contributed by atoms with Gasteiger partial charge in [0.2, 0.25) is 0 Å². The SMILES string of the molecule is Cc1ccnc2cnccc12. The van der Waals surface area contributed by atoms with Crippen LogP contribution in [0.15, 0.2) is 30.7 Å². The standard InChI is InChI=1S/C9H8N2/c1-7-2-5-11-9-6-10-4-3-8(7)9/h2-6H,1H3. The van der Waals surface area contributed by atoms with Crippen molar-refractivity contribution in [2.75, 3.05) is 0 Å². The predicted octanol–water partition coefficient (Wildman–Crippen LogP) is 1.94. The van der Waals surface area contributed by atoms with E-state index in [9.17, 15) is 0 Å². The lowest BCUT2D eigenvalue weighted by Crippen LogP contribution is -1.82. The van der Waals surface area contributed by atoms with Gasteiger partial charge in [-0.15, -0.1) is 0 Å². The Labute approximate surface area is 64.9 Å². The molecule has 0 unspecified atom stereocenters. The van der Waals surface area contributed by atoms with Crippen LogP contribution >= 0.6 is 0 Å². The van der Waals surface area contributed by atoms with Crippen LogP contribution in [-0.4, -0.2) is 9.97 Å². The number of pyridine rings is 2. The zero-order valence-corrected chi connectivity index (χ0v) is 6.28. The van der Waals surface area contributed by atoms with Gasteiger partial charge in [0, 0.05) is 17.8 Å². The smallest absolute Gasteiger partial charge is 0.0887 e.